The van der Waals surface area contributed by atoms with Crippen LogP contribution in [-0.4, -0.2) is 15.9 Å². The van der Waals surface area contributed by atoms with E-state index >= 15 is 0 Å². The normalized spacial score (nSPS) is 10.6. The zero-order valence-corrected chi connectivity index (χ0v) is 12.7. The van der Waals surface area contributed by atoms with E-state index in [0.717, 1.165) is 0 Å². The first kappa shape index (κ1) is 14.3. The van der Waals surface area contributed by atoms with Gasteiger partial charge in [-0.15, -0.1) is 0 Å². The van der Waals surface area contributed by atoms with Gasteiger partial charge in [-0.3, -0.25) is 14.4 Å². The fourth-order valence-electron chi connectivity index (χ4n) is 2.08. The van der Waals surface area contributed by atoms with Crippen LogP contribution in [0.15, 0.2) is 56.8 Å². The molecule has 110 valence electrons. The van der Waals surface area contributed by atoms with E-state index in [1.54, 1.807) is 24.3 Å². The standard InChI is InChI=1S/C15H10BrN3O3/c16-8-5-12(15(22)18-6-8)19-14(21)10-7-17-11-4-2-1-3-9(11)13(10)20/h1-7H,(H,17,20)(H,18,22)(H,19,21). The molecule has 2 heterocycles. The van der Waals surface area contributed by atoms with Crippen molar-refractivity contribution in [3.8, 4) is 0 Å². The molecule has 0 saturated heterocycles. The van der Waals surface area contributed by atoms with Gasteiger partial charge in [0.1, 0.15) is 11.3 Å². The lowest BCUT2D eigenvalue weighted by Crippen LogP contribution is -2.25. The first-order chi connectivity index (χ1) is 10.6. The summed E-state index contributed by atoms with van der Waals surface area (Å²) in [6.45, 7) is 0. The summed E-state index contributed by atoms with van der Waals surface area (Å²) in [7, 11) is 0. The molecule has 3 rings (SSSR count). The maximum absolute atomic E-state index is 12.3. The van der Waals surface area contributed by atoms with Crippen LogP contribution in [0.4, 0.5) is 5.69 Å². The van der Waals surface area contributed by atoms with Crippen molar-refractivity contribution < 1.29 is 4.79 Å². The number of hydrogen-bond acceptors (Lipinski definition) is 3. The molecular weight excluding hydrogens is 350 g/mol. The number of anilines is 1. The number of carbonyl (C=O) groups is 1. The average molecular weight is 360 g/mol. The Kier molecular flexibility index (Phi) is 3.64. The number of H-pyrrole nitrogens is 2. The Labute approximate surface area is 132 Å². The third kappa shape index (κ3) is 2.58. The Hall–Kier alpha value is -2.67. The lowest BCUT2D eigenvalue weighted by atomic mass is 10.1. The number of rotatable bonds is 2. The van der Waals surface area contributed by atoms with Crippen LogP contribution in [0.1, 0.15) is 10.4 Å². The predicted octanol–water partition coefficient (Wildman–Crippen LogP) is 2.23. The van der Waals surface area contributed by atoms with E-state index in [0.29, 0.717) is 15.4 Å². The topological polar surface area (TPSA) is 94.8 Å². The maximum Gasteiger partial charge on any atom is 0.271 e. The first-order valence-corrected chi connectivity index (χ1v) is 7.15. The zero-order valence-electron chi connectivity index (χ0n) is 11.1. The average Bonchev–Trinajstić information content (AvgIpc) is 2.51. The molecule has 0 aliphatic rings. The molecule has 7 heteroatoms. The van der Waals surface area contributed by atoms with E-state index in [-0.39, 0.29) is 11.3 Å². The van der Waals surface area contributed by atoms with Gasteiger partial charge in [-0.25, -0.2) is 0 Å². The van der Waals surface area contributed by atoms with E-state index < -0.39 is 16.9 Å². The molecule has 0 aliphatic heterocycles. The molecule has 3 N–H and O–H groups in total. The van der Waals surface area contributed by atoms with Crippen LogP contribution < -0.4 is 16.3 Å². The molecule has 6 nitrogen and oxygen atoms in total. The second-order valence-electron chi connectivity index (χ2n) is 4.59. The number of hydrogen-bond donors (Lipinski definition) is 3. The number of carbonyl (C=O) groups excluding carboxylic acids is 1. The van der Waals surface area contributed by atoms with E-state index in [2.05, 4.69) is 31.2 Å². The summed E-state index contributed by atoms with van der Waals surface area (Å²) >= 11 is 3.20. The van der Waals surface area contributed by atoms with E-state index in [9.17, 15) is 14.4 Å². The molecule has 0 spiro atoms. The molecule has 0 saturated carbocycles. The fraction of sp³-hybridized carbons (Fsp3) is 0. The van der Waals surface area contributed by atoms with Crippen molar-refractivity contribution in [2.75, 3.05) is 5.32 Å². The van der Waals surface area contributed by atoms with E-state index in [4.69, 9.17) is 0 Å². The lowest BCUT2D eigenvalue weighted by Gasteiger charge is -2.05. The summed E-state index contributed by atoms with van der Waals surface area (Å²) in [4.78, 5) is 41.6. The van der Waals surface area contributed by atoms with Crippen molar-refractivity contribution >= 4 is 38.4 Å². The largest absolute Gasteiger partial charge is 0.360 e. The van der Waals surface area contributed by atoms with Gasteiger partial charge < -0.3 is 15.3 Å². The SMILES string of the molecule is O=C(Nc1cc(Br)c[nH]c1=O)c1c[nH]c2ccccc2c1=O. The molecular formula is C15H10BrN3O3. The molecule has 1 aromatic carbocycles. The van der Waals surface area contributed by atoms with Gasteiger partial charge in [-0.2, -0.15) is 0 Å². The zero-order chi connectivity index (χ0) is 15.7. The summed E-state index contributed by atoms with van der Waals surface area (Å²) in [6.07, 6.45) is 2.80. The van der Waals surface area contributed by atoms with Crippen molar-refractivity contribution in [1.82, 2.24) is 9.97 Å². The number of aromatic nitrogens is 2. The Morgan fingerprint density at radius 1 is 1.09 bits per heavy atom. The Balaban J connectivity index is 2.03. The Morgan fingerprint density at radius 3 is 2.68 bits per heavy atom. The summed E-state index contributed by atoms with van der Waals surface area (Å²) in [6, 6.07) is 8.36. The second kappa shape index (κ2) is 5.61. The highest BCUT2D eigenvalue weighted by Crippen LogP contribution is 2.12. The van der Waals surface area contributed by atoms with Gasteiger partial charge in [0.15, 0.2) is 0 Å². The van der Waals surface area contributed by atoms with Crippen molar-refractivity contribution in [2.24, 2.45) is 0 Å². The molecule has 3 aromatic rings. The molecule has 2 aromatic heterocycles. The van der Waals surface area contributed by atoms with Crippen LogP contribution >= 0.6 is 15.9 Å². The molecule has 0 fully saturated rings. The number of para-hydroxylation sites is 1. The molecule has 0 bridgehead atoms. The van der Waals surface area contributed by atoms with Gasteiger partial charge in [0.05, 0.1) is 0 Å². The van der Waals surface area contributed by atoms with Gasteiger partial charge in [-0.1, -0.05) is 12.1 Å². The lowest BCUT2D eigenvalue weighted by molar-refractivity contribution is 0.102. The summed E-state index contributed by atoms with van der Waals surface area (Å²) < 4.78 is 0.606. The number of nitrogens with one attached hydrogen (secondary N) is 3. The third-order valence-electron chi connectivity index (χ3n) is 3.15. The third-order valence-corrected chi connectivity index (χ3v) is 3.61. The monoisotopic (exact) mass is 359 g/mol. The van der Waals surface area contributed by atoms with Crippen LogP contribution in [0.3, 0.4) is 0 Å². The molecule has 0 atom stereocenters. The number of fused-ring (bicyclic) bond motifs is 1. The van der Waals surface area contributed by atoms with Crippen molar-refractivity contribution in [2.45, 2.75) is 0 Å². The fourth-order valence-corrected chi connectivity index (χ4v) is 2.42. The predicted molar refractivity (Wildman–Crippen MR) is 87.3 cm³/mol. The summed E-state index contributed by atoms with van der Waals surface area (Å²) in [5.41, 5.74) is -0.193. The summed E-state index contributed by atoms with van der Waals surface area (Å²) in [5, 5.41) is 2.86. The highest BCUT2D eigenvalue weighted by Gasteiger charge is 2.14. The smallest absolute Gasteiger partial charge is 0.271 e. The molecule has 0 radical (unpaired) electrons. The molecule has 1 amide bonds. The maximum atomic E-state index is 12.3. The number of halogens is 1. The van der Waals surface area contributed by atoms with Crippen LogP contribution in [-0.2, 0) is 0 Å². The van der Waals surface area contributed by atoms with E-state index in [1.807, 2.05) is 0 Å². The van der Waals surface area contributed by atoms with Crippen molar-refractivity contribution in [3.63, 3.8) is 0 Å². The number of pyridine rings is 2. The minimum absolute atomic E-state index is 0.0573. The molecule has 0 unspecified atom stereocenters. The highest BCUT2D eigenvalue weighted by molar-refractivity contribution is 9.10. The van der Waals surface area contributed by atoms with Gasteiger partial charge >= 0.3 is 0 Å². The highest BCUT2D eigenvalue weighted by atomic mass is 79.9. The Bertz CT molecular complexity index is 991. The van der Waals surface area contributed by atoms with Crippen molar-refractivity contribution in [3.05, 3.63) is 73.3 Å². The van der Waals surface area contributed by atoms with Crippen LogP contribution in [0, 0.1) is 0 Å². The van der Waals surface area contributed by atoms with Gasteiger partial charge in [-0.05, 0) is 34.1 Å². The Morgan fingerprint density at radius 2 is 1.86 bits per heavy atom. The first-order valence-electron chi connectivity index (χ1n) is 6.36. The summed E-state index contributed by atoms with van der Waals surface area (Å²) in [5.74, 6) is -0.643. The van der Waals surface area contributed by atoms with Gasteiger partial charge in [0, 0.05) is 27.8 Å². The number of amides is 1. The van der Waals surface area contributed by atoms with Crippen LogP contribution in [0.2, 0.25) is 0 Å². The quantitative estimate of drug-likeness (QED) is 0.654. The van der Waals surface area contributed by atoms with Gasteiger partial charge in [0.2, 0.25) is 5.43 Å². The second-order valence-corrected chi connectivity index (χ2v) is 5.51. The minimum atomic E-state index is -0.643. The minimum Gasteiger partial charge on any atom is -0.360 e. The van der Waals surface area contributed by atoms with Gasteiger partial charge in [0.25, 0.3) is 11.5 Å². The van der Waals surface area contributed by atoms with Crippen LogP contribution in [0.5, 0.6) is 0 Å². The molecule has 22 heavy (non-hydrogen) atoms. The number of aromatic amines is 2. The number of benzene rings is 1. The molecule has 0 aliphatic carbocycles. The van der Waals surface area contributed by atoms with Crippen LogP contribution in [0.25, 0.3) is 10.9 Å². The van der Waals surface area contributed by atoms with Crippen molar-refractivity contribution in [1.29, 1.82) is 0 Å². The van der Waals surface area contributed by atoms with E-state index in [1.165, 1.54) is 18.5 Å².